The fourth-order valence-corrected chi connectivity index (χ4v) is 0.689. The minimum absolute atomic E-state index is 0. The summed E-state index contributed by atoms with van der Waals surface area (Å²) < 4.78 is 0. The summed E-state index contributed by atoms with van der Waals surface area (Å²) in [6.07, 6.45) is 1.69. The summed E-state index contributed by atoms with van der Waals surface area (Å²) in [4.78, 5) is 9.82. The van der Waals surface area contributed by atoms with Crippen molar-refractivity contribution < 1.29 is 9.90 Å². The van der Waals surface area contributed by atoms with Gasteiger partial charge in [0.15, 0.2) is 0 Å². The van der Waals surface area contributed by atoms with E-state index >= 15 is 0 Å². The molecular formula is C5H9ClO2S. The van der Waals surface area contributed by atoms with Gasteiger partial charge in [-0.1, -0.05) is 6.08 Å². The van der Waals surface area contributed by atoms with Gasteiger partial charge in [0.05, 0.1) is 5.75 Å². The number of carbonyl (C=O) groups is 1. The SMILES string of the molecule is C=CCSCC(=O)O.Cl. The van der Waals surface area contributed by atoms with E-state index < -0.39 is 5.97 Å². The Morgan fingerprint density at radius 3 is 2.67 bits per heavy atom. The molecule has 0 spiro atoms. The van der Waals surface area contributed by atoms with E-state index in [-0.39, 0.29) is 18.2 Å². The number of hydrogen-bond donors (Lipinski definition) is 1. The molecule has 0 saturated heterocycles. The maximum absolute atomic E-state index is 9.82. The van der Waals surface area contributed by atoms with Crippen LogP contribution in [0.3, 0.4) is 0 Å². The highest BCUT2D eigenvalue weighted by molar-refractivity contribution is 8.00. The van der Waals surface area contributed by atoms with E-state index in [1.807, 2.05) is 0 Å². The van der Waals surface area contributed by atoms with Crippen LogP contribution in [-0.2, 0) is 4.79 Å². The molecule has 1 N–H and O–H groups in total. The van der Waals surface area contributed by atoms with Crippen LogP contribution >= 0.6 is 24.2 Å². The van der Waals surface area contributed by atoms with Crippen molar-refractivity contribution in [1.29, 1.82) is 0 Å². The van der Waals surface area contributed by atoms with E-state index in [9.17, 15) is 4.79 Å². The van der Waals surface area contributed by atoms with Gasteiger partial charge in [0.1, 0.15) is 0 Å². The highest BCUT2D eigenvalue weighted by Gasteiger charge is 1.91. The molecule has 0 aromatic carbocycles. The minimum atomic E-state index is -0.767. The first kappa shape index (κ1) is 11.6. The van der Waals surface area contributed by atoms with E-state index in [1.54, 1.807) is 6.08 Å². The maximum atomic E-state index is 9.82. The first-order valence-electron chi connectivity index (χ1n) is 2.18. The predicted octanol–water partition coefficient (Wildman–Crippen LogP) is 1.41. The smallest absolute Gasteiger partial charge is 0.313 e. The molecule has 0 fully saturated rings. The zero-order valence-corrected chi connectivity index (χ0v) is 6.50. The van der Waals surface area contributed by atoms with E-state index in [4.69, 9.17) is 5.11 Å². The average molecular weight is 169 g/mol. The summed E-state index contributed by atoms with van der Waals surface area (Å²) >= 11 is 1.34. The van der Waals surface area contributed by atoms with Crippen molar-refractivity contribution in [2.45, 2.75) is 0 Å². The topological polar surface area (TPSA) is 37.3 Å². The molecule has 2 nitrogen and oxygen atoms in total. The molecule has 0 aliphatic heterocycles. The quantitative estimate of drug-likeness (QED) is 0.510. The number of thioether (sulfide) groups is 1. The minimum Gasteiger partial charge on any atom is -0.481 e. The Balaban J connectivity index is 0. The van der Waals surface area contributed by atoms with Crippen LogP contribution in [0.25, 0.3) is 0 Å². The van der Waals surface area contributed by atoms with Crippen molar-refractivity contribution in [1.82, 2.24) is 0 Å². The van der Waals surface area contributed by atoms with Crippen LogP contribution in [0.4, 0.5) is 0 Å². The van der Waals surface area contributed by atoms with Crippen molar-refractivity contribution in [3.63, 3.8) is 0 Å². The van der Waals surface area contributed by atoms with Crippen LogP contribution in [0.15, 0.2) is 12.7 Å². The Labute approximate surface area is 64.7 Å². The van der Waals surface area contributed by atoms with E-state index in [0.29, 0.717) is 5.75 Å². The number of halogens is 1. The Morgan fingerprint density at radius 2 is 2.33 bits per heavy atom. The Bertz CT molecular complexity index is 95.0. The summed E-state index contributed by atoms with van der Waals surface area (Å²) in [5.41, 5.74) is 0. The molecule has 0 bridgehead atoms. The monoisotopic (exact) mass is 168 g/mol. The molecule has 0 radical (unpaired) electrons. The number of carboxylic acid groups (broad SMARTS) is 1. The van der Waals surface area contributed by atoms with E-state index in [2.05, 4.69) is 6.58 Å². The molecule has 0 rings (SSSR count). The van der Waals surface area contributed by atoms with Gasteiger partial charge in [0.25, 0.3) is 0 Å². The second kappa shape index (κ2) is 7.85. The molecule has 0 aliphatic carbocycles. The summed E-state index contributed by atoms with van der Waals surface area (Å²) in [7, 11) is 0. The molecular weight excluding hydrogens is 160 g/mol. The van der Waals surface area contributed by atoms with Gasteiger partial charge >= 0.3 is 5.97 Å². The highest BCUT2D eigenvalue weighted by atomic mass is 35.5. The van der Waals surface area contributed by atoms with Gasteiger partial charge in [0.2, 0.25) is 0 Å². The van der Waals surface area contributed by atoms with Gasteiger partial charge in [-0.05, 0) is 0 Å². The number of hydrogen-bond acceptors (Lipinski definition) is 2. The van der Waals surface area contributed by atoms with Gasteiger partial charge in [-0.3, -0.25) is 4.79 Å². The molecule has 9 heavy (non-hydrogen) atoms. The lowest BCUT2D eigenvalue weighted by Gasteiger charge is -1.87. The Morgan fingerprint density at radius 1 is 1.78 bits per heavy atom. The predicted molar refractivity (Wildman–Crippen MR) is 42.4 cm³/mol. The van der Waals surface area contributed by atoms with E-state index in [0.717, 1.165) is 0 Å². The fourth-order valence-electron chi connectivity index (χ4n) is 0.230. The molecule has 0 aliphatic rings. The van der Waals surface area contributed by atoms with Crippen molar-refractivity contribution in [2.75, 3.05) is 11.5 Å². The van der Waals surface area contributed by atoms with Gasteiger partial charge < -0.3 is 5.11 Å². The Kier molecular flexibility index (Phi) is 10.1. The van der Waals surface area contributed by atoms with Crippen LogP contribution in [0.1, 0.15) is 0 Å². The zero-order chi connectivity index (χ0) is 6.41. The average Bonchev–Trinajstić information content (AvgIpc) is 1.66. The molecule has 0 aromatic heterocycles. The van der Waals surface area contributed by atoms with Gasteiger partial charge in [-0.15, -0.1) is 30.7 Å². The third-order valence-corrected chi connectivity index (χ3v) is 1.38. The molecule has 0 unspecified atom stereocenters. The Hall–Kier alpha value is -0.150. The number of aliphatic carboxylic acids is 1. The first-order chi connectivity index (χ1) is 3.77. The van der Waals surface area contributed by atoms with Crippen molar-refractivity contribution in [2.24, 2.45) is 0 Å². The van der Waals surface area contributed by atoms with Gasteiger partial charge in [-0.2, -0.15) is 0 Å². The van der Waals surface area contributed by atoms with Crippen LogP contribution in [0.2, 0.25) is 0 Å². The molecule has 0 aromatic rings. The molecule has 54 valence electrons. The lowest BCUT2D eigenvalue weighted by atomic mass is 10.8. The lowest BCUT2D eigenvalue weighted by molar-refractivity contribution is -0.133. The summed E-state index contributed by atoms with van der Waals surface area (Å²) in [5.74, 6) is 0.120. The molecule has 0 atom stereocenters. The summed E-state index contributed by atoms with van der Waals surface area (Å²) in [6, 6.07) is 0. The lowest BCUT2D eigenvalue weighted by Crippen LogP contribution is -1.97. The molecule has 0 amide bonds. The maximum Gasteiger partial charge on any atom is 0.313 e. The largest absolute Gasteiger partial charge is 0.481 e. The van der Waals surface area contributed by atoms with E-state index in [1.165, 1.54) is 11.8 Å². The standard InChI is InChI=1S/C5H8O2S.ClH/c1-2-3-8-4-5(6)7;/h2H,1,3-4H2,(H,6,7);1H. The van der Waals surface area contributed by atoms with Crippen LogP contribution in [-0.4, -0.2) is 22.6 Å². The summed E-state index contributed by atoms with van der Waals surface area (Å²) in [6.45, 7) is 3.44. The third-order valence-electron chi connectivity index (χ3n) is 0.461. The van der Waals surface area contributed by atoms with Crippen molar-refractivity contribution in [3.05, 3.63) is 12.7 Å². The summed E-state index contributed by atoms with van der Waals surface area (Å²) in [5, 5.41) is 8.08. The van der Waals surface area contributed by atoms with Gasteiger partial charge in [0, 0.05) is 5.75 Å². The number of carboxylic acids is 1. The number of rotatable bonds is 4. The van der Waals surface area contributed by atoms with Crippen LogP contribution < -0.4 is 0 Å². The molecule has 0 saturated carbocycles. The van der Waals surface area contributed by atoms with Crippen molar-refractivity contribution >= 4 is 30.1 Å². The first-order valence-corrected chi connectivity index (χ1v) is 3.33. The second-order valence-corrected chi connectivity index (χ2v) is 2.23. The highest BCUT2D eigenvalue weighted by Crippen LogP contribution is 1.97. The fraction of sp³-hybridized carbons (Fsp3) is 0.400. The third kappa shape index (κ3) is 11.4. The van der Waals surface area contributed by atoms with Crippen LogP contribution in [0.5, 0.6) is 0 Å². The van der Waals surface area contributed by atoms with Gasteiger partial charge in [-0.25, -0.2) is 0 Å². The second-order valence-electron chi connectivity index (χ2n) is 1.20. The van der Waals surface area contributed by atoms with Crippen LogP contribution in [0, 0.1) is 0 Å². The molecule has 4 heteroatoms. The normalized spacial score (nSPS) is 7.56. The molecule has 0 heterocycles. The van der Waals surface area contributed by atoms with Crippen molar-refractivity contribution in [3.8, 4) is 0 Å². The zero-order valence-electron chi connectivity index (χ0n) is 4.87.